The van der Waals surface area contributed by atoms with Gasteiger partial charge in [-0.3, -0.25) is 0 Å². The highest BCUT2D eigenvalue weighted by atomic mass is 32.2. The normalized spacial score (nSPS) is 13.8. The number of aromatic nitrogens is 1. The summed E-state index contributed by atoms with van der Waals surface area (Å²) in [6.07, 6.45) is 2.13. The molecule has 0 radical (unpaired) electrons. The lowest BCUT2D eigenvalue weighted by atomic mass is 10.5. The van der Waals surface area contributed by atoms with Gasteiger partial charge < -0.3 is 4.57 Å². The number of nitrogens with zero attached hydrogens (tertiary/aromatic N) is 1. The molecule has 1 nitrogen and oxygen atoms in total. The van der Waals surface area contributed by atoms with Gasteiger partial charge in [-0.15, -0.1) is 11.8 Å². The Morgan fingerprint density at radius 2 is 2.30 bits per heavy atom. The first kappa shape index (κ1) is 7.73. The largest absolute Gasteiger partial charge is 0.341 e. The van der Waals surface area contributed by atoms with Crippen molar-refractivity contribution in [3.8, 4) is 0 Å². The minimum atomic E-state index is 1.16. The number of fused-ring (bicyclic) bond motifs is 1. The van der Waals surface area contributed by atoms with Crippen molar-refractivity contribution in [3.63, 3.8) is 0 Å². The zero-order valence-electron chi connectivity index (χ0n) is 6.50. The van der Waals surface area contributed by atoms with Crippen LogP contribution in [0.5, 0.6) is 0 Å². The molecule has 10 heavy (non-hydrogen) atoms. The minimum absolute atomic E-state index is 1.16. The van der Waals surface area contributed by atoms with E-state index in [1.807, 2.05) is 25.6 Å². The Hall–Kier alpha value is -0.370. The van der Waals surface area contributed by atoms with Crippen LogP contribution in [0.4, 0.5) is 0 Å². The predicted octanol–water partition coefficient (Wildman–Crippen LogP) is 2.72. The van der Waals surface area contributed by atoms with Crippen LogP contribution in [0, 0.1) is 0 Å². The molecule has 0 aromatic carbocycles. The van der Waals surface area contributed by atoms with E-state index >= 15 is 0 Å². The van der Waals surface area contributed by atoms with Gasteiger partial charge in [0.2, 0.25) is 0 Å². The Labute approximate surface area is 66.4 Å². The smallest absolute Gasteiger partial charge is 0.0683 e. The molecular weight excluding hydrogens is 142 g/mol. The van der Waals surface area contributed by atoms with Crippen LogP contribution in [-0.2, 0) is 11.6 Å². The monoisotopic (exact) mass is 155 g/mol. The van der Waals surface area contributed by atoms with Crippen LogP contribution in [0.25, 0.3) is 0 Å². The number of hydrogen-bond donors (Lipinski definition) is 0. The quantitative estimate of drug-likeness (QED) is 0.557. The molecule has 0 bridgehead atoms. The van der Waals surface area contributed by atoms with Crippen molar-refractivity contribution < 1.29 is 0 Å². The maximum absolute atomic E-state index is 2.28. The van der Waals surface area contributed by atoms with E-state index < -0.39 is 0 Å². The van der Waals surface area contributed by atoms with Crippen molar-refractivity contribution in [2.75, 3.05) is 0 Å². The van der Waals surface area contributed by atoms with E-state index in [9.17, 15) is 0 Å². The van der Waals surface area contributed by atoms with E-state index in [4.69, 9.17) is 0 Å². The molecule has 2 heterocycles. The van der Waals surface area contributed by atoms with Gasteiger partial charge in [0.25, 0.3) is 0 Å². The molecule has 0 amide bonds. The van der Waals surface area contributed by atoms with Crippen molar-refractivity contribution in [2.24, 2.45) is 0 Å². The van der Waals surface area contributed by atoms with Gasteiger partial charge in [0.1, 0.15) is 0 Å². The lowest BCUT2D eigenvalue weighted by Crippen LogP contribution is -1.85. The van der Waals surface area contributed by atoms with Crippen LogP contribution in [0.15, 0.2) is 18.3 Å². The third kappa shape index (κ3) is 1.37. The van der Waals surface area contributed by atoms with E-state index in [1.165, 1.54) is 11.4 Å². The third-order valence-electron chi connectivity index (χ3n) is 1.40. The van der Waals surface area contributed by atoms with Gasteiger partial charge in [-0.1, -0.05) is 13.8 Å². The van der Waals surface area contributed by atoms with E-state index in [0.717, 1.165) is 5.88 Å². The summed E-state index contributed by atoms with van der Waals surface area (Å²) in [7, 11) is 0. The second kappa shape index (κ2) is 3.71. The molecule has 2 rings (SSSR count). The van der Waals surface area contributed by atoms with Crippen LogP contribution >= 0.6 is 11.8 Å². The molecule has 0 saturated heterocycles. The zero-order chi connectivity index (χ0) is 7.40. The summed E-state index contributed by atoms with van der Waals surface area (Å²) in [5, 5.41) is 0. The highest BCUT2D eigenvalue weighted by Gasteiger charge is 2.06. The Balaban J connectivity index is 0.000000231. The number of thioether (sulfide) groups is 1. The van der Waals surface area contributed by atoms with Gasteiger partial charge in [0.05, 0.1) is 5.88 Å². The highest BCUT2D eigenvalue weighted by Crippen LogP contribution is 2.22. The van der Waals surface area contributed by atoms with E-state index in [1.54, 1.807) is 0 Å². The van der Waals surface area contributed by atoms with Crippen molar-refractivity contribution in [1.82, 2.24) is 4.57 Å². The Bertz CT molecular complexity index is 174. The Morgan fingerprint density at radius 1 is 1.50 bits per heavy atom. The molecule has 1 aliphatic rings. The van der Waals surface area contributed by atoms with E-state index in [0.29, 0.717) is 0 Å². The first-order valence-corrected chi connectivity index (χ1v) is 4.84. The molecular formula is C8H13NS. The zero-order valence-corrected chi connectivity index (χ0v) is 7.32. The molecule has 0 saturated carbocycles. The summed E-state index contributed by atoms with van der Waals surface area (Å²) >= 11 is 1.97. The number of hydrogen-bond acceptors (Lipinski definition) is 1. The van der Waals surface area contributed by atoms with Crippen molar-refractivity contribution >= 4 is 11.8 Å². The second-order valence-electron chi connectivity index (χ2n) is 1.95. The van der Waals surface area contributed by atoms with Gasteiger partial charge in [-0.05, 0) is 12.1 Å². The molecule has 0 fully saturated rings. The molecule has 1 aromatic heterocycles. The SMILES string of the molecule is CC.c1cc2n(c1)CSC2. The third-order valence-corrected chi connectivity index (χ3v) is 2.36. The fourth-order valence-electron chi connectivity index (χ4n) is 0.955. The summed E-state index contributed by atoms with van der Waals surface area (Å²) in [6, 6.07) is 4.29. The number of rotatable bonds is 0. The standard InChI is InChI=1S/C6H7NS.C2H6/c1-2-6-4-8-5-7(6)3-1;1-2/h1-3H,4-5H2;1-2H3. The van der Waals surface area contributed by atoms with Gasteiger partial charge in [0, 0.05) is 17.6 Å². The summed E-state index contributed by atoms with van der Waals surface area (Å²) < 4.78 is 2.28. The summed E-state index contributed by atoms with van der Waals surface area (Å²) in [4.78, 5) is 0. The van der Waals surface area contributed by atoms with Crippen LogP contribution in [0.3, 0.4) is 0 Å². The van der Waals surface area contributed by atoms with Crippen LogP contribution in [0.1, 0.15) is 19.5 Å². The van der Waals surface area contributed by atoms with Crippen molar-refractivity contribution in [2.45, 2.75) is 25.5 Å². The van der Waals surface area contributed by atoms with Crippen LogP contribution in [0.2, 0.25) is 0 Å². The maximum Gasteiger partial charge on any atom is 0.0683 e. The molecule has 0 spiro atoms. The summed E-state index contributed by atoms with van der Waals surface area (Å²) in [5.41, 5.74) is 1.47. The average molecular weight is 155 g/mol. The Kier molecular flexibility index (Phi) is 2.87. The molecule has 0 atom stereocenters. The van der Waals surface area contributed by atoms with Crippen LogP contribution in [-0.4, -0.2) is 4.57 Å². The highest BCUT2D eigenvalue weighted by molar-refractivity contribution is 7.97. The Morgan fingerprint density at radius 3 is 3.00 bits per heavy atom. The van der Waals surface area contributed by atoms with E-state index in [-0.39, 0.29) is 0 Å². The second-order valence-corrected chi connectivity index (χ2v) is 2.90. The van der Waals surface area contributed by atoms with Crippen LogP contribution < -0.4 is 0 Å². The van der Waals surface area contributed by atoms with E-state index in [2.05, 4.69) is 22.9 Å². The van der Waals surface area contributed by atoms with Gasteiger partial charge in [-0.25, -0.2) is 0 Å². The first-order valence-electron chi connectivity index (χ1n) is 3.68. The summed E-state index contributed by atoms with van der Waals surface area (Å²) in [5.74, 6) is 2.36. The molecule has 0 N–H and O–H groups in total. The van der Waals surface area contributed by atoms with Gasteiger partial charge in [-0.2, -0.15) is 0 Å². The molecule has 2 heteroatoms. The average Bonchev–Trinajstić information content (AvgIpc) is 2.49. The summed E-state index contributed by atoms with van der Waals surface area (Å²) in [6.45, 7) is 4.00. The molecule has 56 valence electrons. The minimum Gasteiger partial charge on any atom is -0.341 e. The molecule has 1 aliphatic heterocycles. The first-order chi connectivity index (χ1) is 4.97. The van der Waals surface area contributed by atoms with Crippen molar-refractivity contribution in [1.29, 1.82) is 0 Å². The molecule has 0 aliphatic carbocycles. The van der Waals surface area contributed by atoms with Gasteiger partial charge in [0.15, 0.2) is 0 Å². The lowest BCUT2D eigenvalue weighted by Gasteiger charge is -1.88. The lowest BCUT2D eigenvalue weighted by molar-refractivity contribution is 0.888. The van der Waals surface area contributed by atoms with Gasteiger partial charge >= 0.3 is 0 Å². The fourth-order valence-corrected chi connectivity index (χ4v) is 1.97. The predicted molar refractivity (Wildman–Crippen MR) is 47.1 cm³/mol. The molecule has 0 unspecified atom stereocenters. The van der Waals surface area contributed by atoms with Crippen molar-refractivity contribution in [3.05, 3.63) is 24.0 Å². The fraction of sp³-hybridized carbons (Fsp3) is 0.500. The molecule has 1 aromatic rings. The topological polar surface area (TPSA) is 4.93 Å². The maximum atomic E-state index is 2.28.